The minimum Gasteiger partial charge on any atom is -0.494 e. The average molecular weight is 494 g/mol. The number of hydrogen-bond donors (Lipinski definition) is 0. The third kappa shape index (κ3) is 3.34. The number of benzene rings is 1. The molecule has 34 heavy (non-hydrogen) atoms. The van der Waals surface area contributed by atoms with Crippen LogP contribution in [-0.4, -0.2) is 26.2 Å². The third-order valence-corrected chi connectivity index (χ3v) is 6.75. The van der Waals surface area contributed by atoms with Gasteiger partial charge in [0, 0.05) is 28.2 Å². The summed E-state index contributed by atoms with van der Waals surface area (Å²) in [6.45, 7) is -0.294. The Morgan fingerprint density at radius 2 is 2.09 bits per heavy atom. The van der Waals surface area contributed by atoms with E-state index in [9.17, 15) is 19.2 Å². The van der Waals surface area contributed by atoms with E-state index in [1.54, 1.807) is 30.6 Å². The fourth-order valence-electron chi connectivity index (χ4n) is 3.74. The van der Waals surface area contributed by atoms with E-state index >= 15 is 0 Å². The summed E-state index contributed by atoms with van der Waals surface area (Å²) in [5, 5.41) is 10.1. The largest absolute Gasteiger partial charge is 0.494 e. The minimum absolute atomic E-state index is 0.0170. The lowest BCUT2D eigenvalue weighted by molar-refractivity contribution is 0.387. The molecular weight excluding hydrogens is 481 g/mol. The van der Waals surface area contributed by atoms with E-state index in [0.717, 1.165) is 22.0 Å². The Hall–Kier alpha value is -4.07. The number of ether oxygens (including phenoxy) is 1. The predicted octanol–water partition coefficient (Wildman–Crippen LogP) is 4.15. The number of hydrogen-bond acceptors (Lipinski definition) is 7. The fraction of sp³-hybridized carbons (Fsp3) is 0.0870. The van der Waals surface area contributed by atoms with Crippen LogP contribution in [0.15, 0.2) is 58.5 Å². The molecule has 0 aliphatic heterocycles. The Morgan fingerprint density at radius 1 is 1.26 bits per heavy atom. The molecule has 4 aromatic heterocycles. The normalized spacial score (nSPS) is 11.1. The van der Waals surface area contributed by atoms with Gasteiger partial charge in [-0.1, -0.05) is 11.6 Å². The molecule has 0 N–H and O–H groups in total. The second kappa shape index (κ2) is 8.37. The van der Waals surface area contributed by atoms with Gasteiger partial charge in [-0.15, -0.1) is 11.3 Å². The molecule has 0 aliphatic carbocycles. The first kappa shape index (κ1) is 21.8. The first-order chi connectivity index (χ1) is 16.4. The van der Waals surface area contributed by atoms with Crippen LogP contribution in [0, 0.1) is 17.1 Å². The van der Waals surface area contributed by atoms with Crippen molar-refractivity contribution in [3.8, 4) is 27.9 Å². The molecule has 4 heterocycles. The SMILES string of the molecule is COc1cc(-c2cc3c(s2)c(=O)n(-c2cncc4cccnc24)c(=O)n3CC#N)c(Cl)cc1F. The zero-order valence-electron chi connectivity index (χ0n) is 17.5. The predicted molar refractivity (Wildman–Crippen MR) is 127 cm³/mol. The highest BCUT2D eigenvalue weighted by Gasteiger charge is 2.21. The minimum atomic E-state index is -0.703. The van der Waals surface area contributed by atoms with Crippen molar-refractivity contribution >= 4 is 44.1 Å². The average Bonchev–Trinajstić information content (AvgIpc) is 3.27. The molecule has 0 radical (unpaired) electrons. The molecule has 0 spiro atoms. The van der Waals surface area contributed by atoms with E-state index in [0.29, 0.717) is 21.3 Å². The first-order valence-corrected chi connectivity index (χ1v) is 11.0. The quantitative estimate of drug-likeness (QED) is 0.372. The zero-order valence-corrected chi connectivity index (χ0v) is 19.0. The highest BCUT2D eigenvalue weighted by Crippen LogP contribution is 2.39. The van der Waals surface area contributed by atoms with Gasteiger partial charge in [-0.05, 0) is 30.3 Å². The maximum absolute atomic E-state index is 14.0. The molecule has 8 nitrogen and oxygen atoms in total. The zero-order chi connectivity index (χ0) is 24.0. The number of nitrogens with zero attached hydrogens (tertiary/aromatic N) is 5. The highest BCUT2D eigenvalue weighted by molar-refractivity contribution is 7.22. The molecule has 0 atom stereocenters. The van der Waals surface area contributed by atoms with E-state index in [4.69, 9.17) is 16.3 Å². The Labute approximate surface area is 199 Å². The van der Waals surface area contributed by atoms with Gasteiger partial charge < -0.3 is 4.74 Å². The van der Waals surface area contributed by atoms with Gasteiger partial charge in [-0.2, -0.15) is 5.26 Å². The van der Waals surface area contributed by atoms with Crippen molar-refractivity contribution in [2.45, 2.75) is 6.54 Å². The van der Waals surface area contributed by atoms with Crippen molar-refractivity contribution in [3.05, 3.63) is 80.6 Å². The Bertz CT molecular complexity index is 1760. The van der Waals surface area contributed by atoms with Crippen LogP contribution in [-0.2, 0) is 6.54 Å². The van der Waals surface area contributed by atoms with E-state index in [1.807, 2.05) is 6.07 Å². The molecule has 5 rings (SSSR count). The highest BCUT2D eigenvalue weighted by atomic mass is 35.5. The summed E-state index contributed by atoms with van der Waals surface area (Å²) in [6.07, 6.45) is 4.52. The number of halogens is 2. The lowest BCUT2D eigenvalue weighted by Crippen LogP contribution is -2.38. The third-order valence-electron chi connectivity index (χ3n) is 5.29. The number of fused-ring (bicyclic) bond motifs is 2. The standard InChI is InChI=1S/C23H13ClFN5O3S/c1-33-18-7-13(14(24)8-15(18)25)19-9-16-21(34-19)22(31)30(23(32)29(16)6-4-26)17-11-27-10-12-3-2-5-28-20(12)17/h2-3,5,7-11H,6H2,1H3. The van der Waals surface area contributed by atoms with Crippen molar-refractivity contribution in [2.24, 2.45) is 0 Å². The summed E-state index contributed by atoms with van der Waals surface area (Å²) >= 11 is 7.35. The van der Waals surface area contributed by atoms with E-state index in [-0.39, 0.29) is 33.2 Å². The summed E-state index contributed by atoms with van der Waals surface area (Å²) in [7, 11) is 1.33. The van der Waals surface area contributed by atoms with E-state index in [2.05, 4.69) is 9.97 Å². The van der Waals surface area contributed by atoms with Crippen LogP contribution < -0.4 is 16.0 Å². The molecular formula is C23H13ClFN5O3S. The molecule has 0 saturated heterocycles. The van der Waals surface area contributed by atoms with Gasteiger partial charge in [-0.3, -0.25) is 19.3 Å². The van der Waals surface area contributed by atoms with Crippen molar-refractivity contribution in [3.63, 3.8) is 0 Å². The van der Waals surface area contributed by atoms with Gasteiger partial charge in [0.05, 0.1) is 41.1 Å². The van der Waals surface area contributed by atoms with Crippen molar-refractivity contribution < 1.29 is 9.13 Å². The first-order valence-electron chi connectivity index (χ1n) is 9.83. The summed E-state index contributed by atoms with van der Waals surface area (Å²) in [6, 6.07) is 9.58. The summed E-state index contributed by atoms with van der Waals surface area (Å²) < 4.78 is 21.5. The van der Waals surface area contributed by atoms with Gasteiger partial charge in [-0.25, -0.2) is 13.8 Å². The number of thiophene rings is 1. The van der Waals surface area contributed by atoms with Crippen LogP contribution in [0.1, 0.15) is 0 Å². The Morgan fingerprint density at radius 3 is 2.85 bits per heavy atom. The lowest BCUT2D eigenvalue weighted by atomic mass is 10.1. The summed E-state index contributed by atoms with van der Waals surface area (Å²) in [5.41, 5.74) is 0.0346. The molecule has 168 valence electrons. The van der Waals surface area contributed by atoms with Crippen LogP contribution in [0.4, 0.5) is 4.39 Å². The van der Waals surface area contributed by atoms with E-state index < -0.39 is 17.1 Å². The van der Waals surface area contributed by atoms with Gasteiger partial charge >= 0.3 is 5.69 Å². The van der Waals surface area contributed by atoms with E-state index in [1.165, 1.54) is 23.9 Å². The second-order valence-electron chi connectivity index (χ2n) is 7.19. The molecule has 11 heteroatoms. The summed E-state index contributed by atoms with van der Waals surface area (Å²) in [5.74, 6) is -0.645. The van der Waals surface area contributed by atoms with Gasteiger partial charge in [0.15, 0.2) is 11.6 Å². The molecule has 0 amide bonds. The molecule has 1 aromatic carbocycles. The topological polar surface area (TPSA) is 103 Å². The maximum atomic E-state index is 14.0. The molecule has 0 unspecified atom stereocenters. The number of methoxy groups -OCH3 is 1. The molecule has 0 fully saturated rings. The smallest absolute Gasteiger partial charge is 0.337 e. The number of aromatic nitrogens is 4. The molecule has 0 saturated carbocycles. The number of rotatable bonds is 4. The maximum Gasteiger partial charge on any atom is 0.337 e. The Kier molecular flexibility index (Phi) is 5.36. The Balaban J connectivity index is 1.86. The molecule has 5 aromatic rings. The second-order valence-corrected chi connectivity index (χ2v) is 8.65. The van der Waals surface area contributed by atoms with Crippen LogP contribution in [0.25, 0.3) is 37.2 Å². The van der Waals surface area contributed by atoms with Gasteiger partial charge in [0.2, 0.25) is 0 Å². The van der Waals surface area contributed by atoms with Gasteiger partial charge in [0.1, 0.15) is 11.2 Å². The van der Waals surface area contributed by atoms with Crippen LogP contribution in [0.5, 0.6) is 5.75 Å². The number of pyridine rings is 2. The van der Waals surface area contributed by atoms with Crippen molar-refractivity contribution in [1.29, 1.82) is 5.26 Å². The van der Waals surface area contributed by atoms with Crippen molar-refractivity contribution in [2.75, 3.05) is 7.11 Å². The lowest BCUT2D eigenvalue weighted by Gasteiger charge is -2.10. The monoisotopic (exact) mass is 493 g/mol. The van der Waals surface area contributed by atoms with Crippen LogP contribution in [0.3, 0.4) is 0 Å². The number of nitriles is 1. The van der Waals surface area contributed by atoms with Crippen LogP contribution in [0.2, 0.25) is 5.02 Å². The van der Waals surface area contributed by atoms with Crippen LogP contribution >= 0.6 is 22.9 Å². The summed E-state index contributed by atoms with van der Waals surface area (Å²) in [4.78, 5) is 35.9. The van der Waals surface area contributed by atoms with Gasteiger partial charge in [0.25, 0.3) is 5.56 Å². The fourth-order valence-corrected chi connectivity index (χ4v) is 5.17. The molecule has 0 aliphatic rings. The van der Waals surface area contributed by atoms with Crippen molar-refractivity contribution in [1.82, 2.24) is 19.1 Å². The molecule has 0 bridgehead atoms.